The summed E-state index contributed by atoms with van der Waals surface area (Å²) in [6, 6.07) is 13.0. The lowest BCUT2D eigenvalue weighted by atomic mass is 10.0. The number of aromatic nitrogens is 1. The van der Waals surface area contributed by atoms with E-state index in [4.69, 9.17) is 4.74 Å². The first-order chi connectivity index (χ1) is 13.6. The molecule has 0 saturated carbocycles. The van der Waals surface area contributed by atoms with Crippen molar-refractivity contribution in [1.82, 2.24) is 4.57 Å². The Morgan fingerprint density at radius 1 is 1.25 bits per heavy atom. The molecule has 0 bridgehead atoms. The van der Waals surface area contributed by atoms with Gasteiger partial charge < -0.3 is 4.74 Å². The second-order valence-corrected chi connectivity index (χ2v) is 8.22. The van der Waals surface area contributed by atoms with Gasteiger partial charge >= 0.3 is 5.97 Å². The highest BCUT2D eigenvalue weighted by Crippen LogP contribution is 2.33. The van der Waals surface area contributed by atoms with Crippen LogP contribution in [0.5, 0.6) is 0 Å². The van der Waals surface area contributed by atoms with E-state index in [1.54, 1.807) is 18.4 Å². The van der Waals surface area contributed by atoms with Gasteiger partial charge in [0.2, 0.25) is 0 Å². The highest BCUT2D eigenvalue weighted by Gasteiger charge is 2.33. The number of ether oxygens (including phenoxy) is 1. The fraction of sp³-hybridized carbons (Fsp3) is 0.190. The van der Waals surface area contributed by atoms with Crippen LogP contribution in [-0.2, 0) is 9.53 Å². The second-order valence-electron chi connectivity index (χ2n) is 6.23. The van der Waals surface area contributed by atoms with Crippen LogP contribution in [-0.4, -0.2) is 17.1 Å². The molecule has 3 heterocycles. The maximum atomic E-state index is 13.3. The lowest BCUT2D eigenvalue weighted by Gasteiger charge is -2.23. The highest BCUT2D eigenvalue weighted by atomic mass is 32.1. The smallest absolute Gasteiger partial charge is 0.338 e. The Morgan fingerprint density at radius 2 is 2.04 bits per heavy atom. The van der Waals surface area contributed by atoms with Gasteiger partial charge in [0.05, 0.1) is 22.4 Å². The Hall–Kier alpha value is -2.77. The van der Waals surface area contributed by atoms with Gasteiger partial charge in [-0.25, -0.2) is 9.79 Å². The van der Waals surface area contributed by atoms with Crippen LogP contribution < -0.4 is 14.9 Å². The summed E-state index contributed by atoms with van der Waals surface area (Å²) in [6.07, 6.45) is 1.86. The van der Waals surface area contributed by atoms with Gasteiger partial charge in [-0.1, -0.05) is 47.7 Å². The number of benzene rings is 1. The predicted molar refractivity (Wildman–Crippen MR) is 111 cm³/mol. The zero-order chi connectivity index (χ0) is 19.7. The SMILES string of the molecule is CCOC(=O)C1=C(C)N=c2s/c(=C\c3ccccc3)c(=O)n2[C@H]1c1cccs1. The van der Waals surface area contributed by atoms with Crippen molar-refractivity contribution in [2.24, 2.45) is 4.99 Å². The van der Waals surface area contributed by atoms with Gasteiger partial charge in [0, 0.05) is 4.88 Å². The maximum Gasteiger partial charge on any atom is 0.338 e. The topological polar surface area (TPSA) is 60.7 Å². The first kappa shape index (κ1) is 18.6. The van der Waals surface area contributed by atoms with E-state index in [2.05, 4.69) is 4.99 Å². The van der Waals surface area contributed by atoms with Crippen molar-refractivity contribution in [3.8, 4) is 0 Å². The summed E-state index contributed by atoms with van der Waals surface area (Å²) < 4.78 is 7.47. The normalized spacial score (nSPS) is 16.6. The molecule has 0 N–H and O–H groups in total. The molecule has 1 aliphatic rings. The van der Waals surface area contributed by atoms with Crippen LogP contribution in [0.4, 0.5) is 0 Å². The Bertz CT molecular complexity index is 1220. The van der Waals surface area contributed by atoms with E-state index in [1.165, 1.54) is 22.7 Å². The Morgan fingerprint density at radius 3 is 2.71 bits per heavy atom. The van der Waals surface area contributed by atoms with Crippen molar-refractivity contribution in [2.45, 2.75) is 19.9 Å². The molecule has 0 aliphatic carbocycles. The van der Waals surface area contributed by atoms with Crippen molar-refractivity contribution in [1.29, 1.82) is 0 Å². The summed E-state index contributed by atoms with van der Waals surface area (Å²) >= 11 is 2.84. The summed E-state index contributed by atoms with van der Waals surface area (Å²) in [4.78, 5) is 32.0. The van der Waals surface area contributed by atoms with Crippen LogP contribution in [0.25, 0.3) is 6.08 Å². The molecule has 1 aliphatic heterocycles. The van der Waals surface area contributed by atoms with Gasteiger partial charge in [0.25, 0.3) is 5.56 Å². The maximum absolute atomic E-state index is 13.3. The van der Waals surface area contributed by atoms with Gasteiger partial charge in [-0.15, -0.1) is 11.3 Å². The third kappa shape index (κ3) is 3.27. The van der Waals surface area contributed by atoms with Crippen LogP contribution in [0.3, 0.4) is 0 Å². The van der Waals surface area contributed by atoms with E-state index in [9.17, 15) is 9.59 Å². The van der Waals surface area contributed by atoms with Crippen molar-refractivity contribution in [3.63, 3.8) is 0 Å². The number of hydrogen-bond donors (Lipinski definition) is 0. The summed E-state index contributed by atoms with van der Waals surface area (Å²) in [5, 5.41) is 1.94. The molecular formula is C21H18N2O3S2. The fourth-order valence-corrected chi connectivity index (χ4v) is 5.08. The first-order valence-corrected chi connectivity index (χ1v) is 10.6. The number of fused-ring (bicyclic) bond motifs is 1. The predicted octanol–water partition coefficient (Wildman–Crippen LogP) is 2.86. The summed E-state index contributed by atoms with van der Waals surface area (Å²) in [5.74, 6) is -0.431. The van der Waals surface area contributed by atoms with E-state index in [-0.39, 0.29) is 12.2 Å². The number of carbonyl (C=O) groups excluding carboxylic acids is 1. The van der Waals surface area contributed by atoms with Gasteiger partial charge in [0.15, 0.2) is 4.80 Å². The van der Waals surface area contributed by atoms with E-state index in [0.717, 1.165) is 10.4 Å². The minimum absolute atomic E-state index is 0.152. The van der Waals surface area contributed by atoms with Crippen LogP contribution in [0.15, 0.2) is 68.9 Å². The third-order valence-corrected chi connectivity index (χ3v) is 6.33. The number of esters is 1. The molecule has 0 fully saturated rings. The molecule has 142 valence electrons. The Labute approximate surface area is 169 Å². The lowest BCUT2D eigenvalue weighted by molar-refractivity contribution is -0.139. The summed E-state index contributed by atoms with van der Waals surface area (Å²) in [6.45, 7) is 3.83. The molecule has 0 spiro atoms. The number of allylic oxidation sites excluding steroid dienone is 1. The molecule has 0 saturated heterocycles. The van der Waals surface area contributed by atoms with Gasteiger partial charge in [-0.3, -0.25) is 9.36 Å². The monoisotopic (exact) mass is 410 g/mol. The number of hydrogen-bond acceptors (Lipinski definition) is 6. The molecule has 2 aromatic heterocycles. The average molecular weight is 411 g/mol. The van der Waals surface area contributed by atoms with Crippen LogP contribution in [0.2, 0.25) is 0 Å². The molecule has 0 amide bonds. The van der Waals surface area contributed by atoms with E-state index in [0.29, 0.717) is 20.6 Å². The van der Waals surface area contributed by atoms with Crippen LogP contribution in [0, 0.1) is 0 Å². The molecule has 5 nitrogen and oxygen atoms in total. The van der Waals surface area contributed by atoms with E-state index >= 15 is 0 Å². The van der Waals surface area contributed by atoms with Crippen molar-refractivity contribution >= 4 is 34.7 Å². The molecule has 1 atom stereocenters. The first-order valence-electron chi connectivity index (χ1n) is 8.88. The van der Waals surface area contributed by atoms with Crippen LogP contribution >= 0.6 is 22.7 Å². The molecule has 7 heteroatoms. The third-order valence-electron chi connectivity index (χ3n) is 4.43. The lowest BCUT2D eigenvalue weighted by Crippen LogP contribution is -2.39. The van der Waals surface area contributed by atoms with Crippen LogP contribution in [0.1, 0.15) is 30.3 Å². The number of carbonyl (C=O) groups is 1. The summed E-state index contributed by atoms with van der Waals surface area (Å²) in [5.41, 5.74) is 1.80. The molecule has 1 aromatic carbocycles. The number of thiazole rings is 1. The zero-order valence-electron chi connectivity index (χ0n) is 15.4. The average Bonchev–Trinajstić information content (AvgIpc) is 3.31. The van der Waals surface area contributed by atoms with Gasteiger partial charge in [-0.2, -0.15) is 0 Å². The Balaban J connectivity index is 1.95. The minimum atomic E-state index is -0.520. The van der Waals surface area contributed by atoms with E-state index < -0.39 is 12.0 Å². The van der Waals surface area contributed by atoms with Crippen molar-refractivity contribution in [2.75, 3.05) is 6.61 Å². The molecule has 0 unspecified atom stereocenters. The van der Waals surface area contributed by atoms with Gasteiger partial charge in [-0.05, 0) is 36.9 Å². The quantitative estimate of drug-likeness (QED) is 0.622. The molecule has 3 aromatic rings. The van der Waals surface area contributed by atoms with Crippen molar-refractivity contribution in [3.05, 3.63) is 89.2 Å². The minimum Gasteiger partial charge on any atom is -0.463 e. The Kier molecular flexibility index (Phi) is 5.11. The second kappa shape index (κ2) is 7.69. The number of rotatable bonds is 4. The zero-order valence-corrected chi connectivity index (χ0v) is 17.0. The van der Waals surface area contributed by atoms with Gasteiger partial charge in [0.1, 0.15) is 6.04 Å². The number of thiophene rings is 1. The molecule has 4 rings (SSSR count). The summed E-state index contributed by atoms with van der Waals surface area (Å²) in [7, 11) is 0. The largest absolute Gasteiger partial charge is 0.463 e. The van der Waals surface area contributed by atoms with Crippen molar-refractivity contribution < 1.29 is 9.53 Å². The molecule has 28 heavy (non-hydrogen) atoms. The number of nitrogens with zero attached hydrogens (tertiary/aromatic N) is 2. The molecular weight excluding hydrogens is 392 g/mol. The highest BCUT2D eigenvalue weighted by molar-refractivity contribution is 7.10. The van der Waals surface area contributed by atoms with E-state index in [1.807, 2.05) is 53.9 Å². The molecule has 0 radical (unpaired) electrons. The fourth-order valence-electron chi connectivity index (χ4n) is 3.21. The standard InChI is InChI=1S/C21H18N2O3S2/c1-3-26-20(25)17-13(2)22-21-23(18(17)15-10-7-11-27-15)19(24)16(28-21)12-14-8-5-4-6-9-14/h4-12,18H,3H2,1-2H3/b16-12-/t18-/m0/s1.